The Morgan fingerprint density at radius 2 is 2.08 bits per heavy atom. The van der Waals surface area contributed by atoms with Gasteiger partial charge in [0, 0.05) is 19.7 Å². The van der Waals surface area contributed by atoms with Crippen LogP contribution in [0.3, 0.4) is 0 Å². The van der Waals surface area contributed by atoms with Gasteiger partial charge in [0.25, 0.3) is 0 Å². The lowest BCUT2D eigenvalue weighted by atomic mass is 9.96. The van der Waals surface area contributed by atoms with Crippen LogP contribution in [0, 0.1) is 11.3 Å². The molecule has 72 valence electrons. The summed E-state index contributed by atoms with van der Waals surface area (Å²) in [5.41, 5.74) is 0.393. The van der Waals surface area contributed by atoms with E-state index in [0.717, 1.165) is 13.1 Å². The molecular formula is C10H21NO. The summed E-state index contributed by atoms with van der Waals surface area (Å²) < 4.78 is 0. The van der Waals surface area contributed by atoms with Crippen molar-refractivity contribution in [2.75, 3.05) is 26.2 Å². The third kappa shape index (κ3) is 3.11. The number of hydrogen-bond acceptors (Lipinski definition) is 2. The van der Waals surface area contributed by atoms with Gasteiger partial charge in [0.15, 0.2) is 0 Å². The van der Waals surface area contributed by atoms with Gasteiger partial charge < -0.3 is 10.0 Å². The second-order valence-corrected chi connectivity index (χ2v) is 5.13. The summed E-state index contributed by atoms with van der Waals surface area (Å²) in [7, 11) is 0. The Balaban J connectivity index is 2.28. The molecule has 0 unspecified atom stereocenters. The molecular weight excluding hydrogens is 150 g/mol. The summed E-state index contributed by atoms with van der Waals surface area (Å²) in [4.78, 5) is 2.46. The number of aliphatic hydroxyl groups excluding tert-OH is 1. The lowest BCUT2D eigenvalue weighted by molar-refractivity contribution is 0.194. The molecule has 0 aromatic carbocycles. The average molecular weight is 171 g/mol. The van der Waals surface area contributed by atoms with E-state index in [1.807, 2.05) is 0 Å². The minimum atomic E-state index is 0.362. The van der Waals surface area contributed by atoms with Gasteiger partial charge in [-0.25, -0.2) is 0 Å². The zero-order chi connectivity index (χ0) is 9.19. The van der Waals surface area contributed by atoms with E-state index in [-0.39, 0.29) is 0 Å². The summed E-state index contributed by atoms with van der Waals surface area (Å²) in [6, 6.07) is 0. The molecule has 0 amide bonds. The molecule has 0 aliphatic carbocycles. The van der Waals surface area contributed by atoms with Gasteiger partial charge in [0.1, 0.15) is 0 Å². The lowest BCUT2D eigenvalue weighted by Gasteiger charge is -2.26. The molecule has 0 aromatic rings. The van der Waals surface area contributed by atoms with Crippen LogP contribution in [0.2, 0.25) is 0 Å². The van der Waals surface area contributed by atoms with Gasteiger partial charge in [0.05, 0.1) is 0 Å². The van der Waals surface area contributed by atoms with Crippen molar-refractivity contribution in [1.29, 1.82) is 0 Å². The first-order chi connectivity index (χ1) is 5.51. The Hall–Kier alpha value is -0.0800. The number of rotatable bonds is 2. The smallest absolute Gasteiger partial charge is 0.0471 e. The number of likely N-dealkylation sites (tertiary alicyclic amines) is 1. The van der Waals surface area contributed by atoms with E-state index in [2.05, 4.69) is 25.7 Å². The predicted octanol–water partition coefficient (Wildman–Crippen LogP) is 1.35. The highest BCUT2D eigenvalue weighted by molar-refractivity contribution is 4.78. The molecule has 1 N–H and O–H groups in total. The topological polar surface area (TPSA) is 23.5 Å². The van der Waals surface area contributed by atoms with Gasteiger partial charge in [-0.3, -0.25) is 0 Å². The molecule has 1 saturated heterocycles. The van der Waals surface area contributed by atoms with Gasteiger partial charge in [-0.05, 0) is 24.3 Å². The predicted molar refractivity (Wildman–Crippen MR) is 51.1 cm³/mol. The summed E-state index contributed by atoms with van der Waals surface area (Å²) >= 11 is 0. The maximum Gasteiger partial charge on any atom is 0.0471 e. The molecule has 2 nitrogen and oxygen atoms in total. The van der Waals surface area contributed by atoms with E-state index >= 15 is 0 Å². The van der Waals surface area contributed by atoms with E-state index in [1.165, 1.54) is 13.0 Å². The van der Waals surface area contributed by atoms with Crippen molar-refractivity contribution in [3.63, 3.8) is 0 Å². The van der Waals surface area contributed by atoms with Crippen LogP contribution in [0.4, 0.5) is 0 Å². The lowest BCUT2D eigenvalue weighted by Crippen LogP contribution is -2.31. The third-order valence-corrected chi connectivity index (χ3v) is 2.33. The second kappa shape index (κ2) is 3.75. The SMILES string of the molecule is CC(C)(C)CN1CC[C@@H](CO)C1. The highest BCUT2D eigenvalue weighted by Gasteiger charge is 2.24. The zero-order valence-corrected chi connectivity index (χ0v) is 8.51. The molecule has 0 aromatic heterocycles. The fraction of sp³-hybridized carbons (Fsp3) is 1.00. The highest BCUT2D eigenvalue weighted by atomic mass is 16.3. The van der Waals surface area contributed by atoms with E-state index < -0.39 is 0 Å². The van der Waals surface area contributed by atoms with Crippen molar-refractivity contribution in [3.8, 4) is 0 Å². The number of hydrogen-bond donors (Lipinski definition) is 1. The molecule has 1 fully saturated rings. The van der Waals surface area contributed by atoms with Gasteiger partial charge >= 0.3 is 0 Å². The molecule has 0 bridgehead atoms. The van der Waals surface area contributed by atoms with Crippen LogP contribution >= 0.6 is 0 Å². The van der Waals surface area contributed by atoms with Gasteiger partial charge in [-0.2, -0.15) is 0 Å². The van der Waals surface area contributed by atoms with Crippen LogP contribution in [0.15, 0.2) is 0 Å². The quantitative estimate of drug-likeness (QED) is 0.678. The van der Waals surface area contributed by atoms with Crippen molar-refractivity contribution in [3.05, 3.63) is 0 Å². The van der Waals surface area contributed by atoms with E-state index in [0.29, 0.717) is 17.9 Å². The zero-order valence-electron chi connectivity index (χ0n) is 8.51. The average Bonchev–Trinajstić information content (AvgIpc) is 2.32. The van der Waals surface area contributed by atoms with E-state index in [1.54, 1.807) is 0 Å². The van der Waals surface area contributed by atoms with Crippen molar-refractivity contribution in [2.45, 2.75) is 27.2 Å². The molecule has 1 rings (SSSR count). The number of aliphatic hydroxyl groups is 1. The van der Waals surface area contributed by atoms with Gasteiger partial charge in [-0.15, -0.1) is 0 Å². The normalized spacial score (nSPS) is 26.5. The van der Waals surface area contributed by atoms with E-state index in [9.17, 15) is 0 Å². The fourth-order valence-corrected chi connectivity index (χ4v) is 1.88. The minimum Gasteiger partial charge on any atom is -0.396 e. The van der Waals surface area contributed by atoms with Crippen LogP contribution in [-0.2, 0) is 0 Å². The van der Waals surface area contributed by atoms with Gasteiger partial charge in [0.2, 0.25) is 0 Å². The standard InChI is InChI=1S/C10H21NO/c1-10(2,3)8-11-5-4-9(6-11)7-12/h9,12H,4-8H2,1-3H3/t9-/m1/s1. The Labute approximate surface area is 75.6 Å². The first-order valence-corrected chi connectivity index (χ1v) is 4.84. The Kier molecular flexibility index (Phi) is 3.13. The molecule has 1 atom stereocenters. The summed E-state index contributed by atoms with van der Waals surface area (Å²) in [6.07, 6.45) is 1.17. The van der Waals surface area contributed by atoms with Crippen LogP contribution < -0.4 is 0 Å². The highest BCUT2D eigenvalue weighted by Crippen LogP contribution is 2.21. The first kappa shape index (κ1) is 10.0. The molecule has 2 heteroatoms. The van der Waals surface area contributed by atoms with Crippen molar-refractivity contribution in [1.82, 2.24) is 4.90 Å². The first-order valence-electron chi connectivity index (χ1n) is 4.84. The molecule has 12 heavy (non-hydrogen) atoms. The monoisotopic (exact) mass is 171 g/mol. The second-order valence-electron chi connectivity index (χ2n) is 5.13. The molecule has 0 spiro atoms. The molecule has 1 aliphatic rings. The summed E-state index contributed by atoms with van der Waals surface area (Å²) in [5.74, 6) is 0.535. The Bertz CT molecular complexity index is 139. The Morgan fingerprint density at radius 3 is 2.50 bits per heavy atom. The molecule has 0 saturated carbocycles. The number of nitrogens with zero attached hydrogens (tertiary/aromatic N) is 1. The Morgan fingerprint density at radius 1 is 1.42 bits per heavy atom. The molecule has 1 aliphatic heterocycles. The maximum atomic E-state index is 8.96. The third-order valence-electron chi connectivity index (χ3n) is 2.33. The van der Waals surface area contributed by atoms with Crippen LogP contribution in [-0.4, -0.2) is 36.2 Å². The molecule has 0 radical (unpaired) electrons. The van der Waals surface area contributed by atoms with Crippen molar-refractivity contribution >= 4 is 0 Å². The van der Waals surface area contributed by atoms with E-state index in [4.69, 9.17) is 5.11 Å². The van der Waals surface area contributed by atoms with Crippen LogP contribution in [0.1, 0.15) is 27.2 Å². The maximum absolute atomic E-state index is 8.96. The van der Waals surface area contributed by atoms with Crippen molar-refractivity contribution in [2.24, 2.45) is 11.3 Å². The van der Waals surface area contributed by atoms with Crippen LogP contribution in [0.25, 0.3) is 0 Å². The van der Waals surface area contributed by atoms with Crippen molar-refractivity contribution < 1.29 is 5.11 Å². The molecule has 1 heterocycles. The van der Waals surface area contributed by atoms with Gasteiger partial charge in [-0.1, -0.05) is 20.8 Å². The largest absolute Gasteiger partial charge is 0.396 e. The summed E-state index contributed by atoms with van der Waals surface area (Å²) in [5, 5.41) is 8.96. The minimum absolute atomic E-state index is 0.362. The summed E-state index contributed by atoms with van der Waals surface area (Å²) in [6.45, 7) is 10.6. The van der Waals surface area contributed by atoms with Crippen LogP contribution in [0.5, 0.6) is 0 Å². The fourth-order valence-electron chi connectivity index (χ4n) is 1.88.